The molecule has 0 unspecified atom stereocenters. The van der Waals surface area contributed by atoms with Crippen LogP contribution in [0.2, 0.25) is 5.02 Å². The maximum absolute atomic E-state index is 12.1. The van der Waals surface area contributed by atoms with Gasteiger partial charge < -0.3 is 35.0 Å². The van der Waals surface area contributed by atoms with Gasteiger partial charge >= 0.3 is 0 Å². The number of ether oxygens (including phenoxy) is 2. The van der Waals surface area contributed by atoms with Crippen molar-refractivity contribution in [3.63, 3.8) is 0 Å². The Balaban J connectivity index is 1.70. The van der Waals surface area contributed by atoms with Crippen molar-refractivity contribution in [2.24, 2.45) is 11.3 Å². The molecule has 10 nitrogen and oxygen atoms in total. The summed E-state index contributed by atoms with van der Waals surface area (Å²) in [6.07, 6.45) is -3.62. The van der Waals surface area contributed by atoms with Gasteiger partial charge in [0.1, 0.15) is 37.1 Å². The fraction of sp³-hybridized carbons (Fsp3) is 0.652. The minimum atomic E-state index is -1.57. The third kappa shape index (κ3) is 4.61. The third-order valence-corrected chi connectivity index (χ3v) is 7.68. The molecule has 2 aromatic rings. The topological polar surface area (TPSA) is 150 Å². The van der Waals surface area contributed by atoms with Gasteiger partial charge in [-0.05, 0) is 36.0 Å². The van der Waals surface area contributed by atoms with E-state index in [2.05, 4.69) is 10.1 Å². The largest absolute Gasteiger partial charge is 0.394 e. The fourth-order valence-corrected chi connectivity index (χ4v) is 5.28. The van der Waals surface area contributed by atoms with E-state index >= 15 is 0 Å². The molecule has 1 saturated carbocycles. The molecule has 188 valence electrons. The minimum Gasteiger partial charge on any atom is -0.394 e. The van der Waals surface area contributed by atoms with Crippen molar-refractivity contribution >= 4 is 11.6 Å². The second-order valence-corrected chi connectivity index (χ2v) is 10.3. The van der Waals surface area contributed by atoms with Crippen LogP contribution in [0.4, 0.5) is 0 Å². The summed E-state index contributed by atoms with van der Waals surface area (Å²) in [6, 6.07) is 6.96. The van der Waals surface area contributed by atoms with Gasteiger partial charge in [0.25, 0.3) is 0 Å². The number of hydrogen-bond donors (Lipinski definition) is 5. The Hall–Kier alpha value is -1.63. The molecule has 1 saturated heterocycles. The highest BCUT2D eigenvalue weighted by molar-refractivity contribution is 6.30. The van der Waals surface area contributed by atoms with Gasteiger partial charge in [-0.3, -0.25) is 4.68 Å². The lowest BCUT2D eigenvalue weighted by Crippen LogP contribution is -2.60. The monoisotopic (exact) mass is 497 g/mol. The first-order chi connectivity index (χ1) is 16.1. The number of nitrogens with zero attached hydrogens (tertiary/aromatic N) is 3. The summed E-state index contributed by atoms with van der Waals surface area (Å²) < 4.78 is 13.5. The van der Waals surface area contributed by atoms with Crippen LogP contribution >= 0.6 is 11.6 Å². The van der Waals surface area contributed by atoms with E-state index in [1.165, 1.54) is 6.33 Å². The minimum absolute atomic E-state index is 0.173. The van der Waals surface area contributed by atoms with Gasteiger partial charge in [-0.2, -0.15) is 5.10 Å². The molecule has 2 aliphatic rings. The molecule has 2 fully saturated rings. The SMILES string of the molecule is CC1(C)CC[C@H]([C@H](O[C@H]2O[C@H](CO)[C@@H](O)[C@H](O)[C@H]2O)c2ccc(Cl)cc2)[C@@]1(O)Cn1cncn1. The van der Waals surface area contributed by atoms with E-state index in [1.807, 2.05) is 13.8 Å². The zero-order valence-corrected chi connectivity index (χ0v) is 19.9. The van der Waals surface area contributed by atoms with E-state index in [-0.39, 0.29) is 6.54 Å². The van der Waals surface area contributed by atoms with E-state index in [0.717, 1.165) is 0 Å². The molecule has 2 heterocycles. The summed E-state index contributed by atoms with van der Waals surface area (Å²) in [5, 5.41) is 57.4. The van der Waals surface area contributed by atoms with Gasteiger partial charge in [-0.15, -0.1) is 0 Å². The van der Waals surface area contributed by atoms with Gasteiger partial charge in [0, 0.05) is 10.9 Å². The molecule has 0 spiro atoms. The first-order valence-electron chi connectivity index (χ1n) is 11.3. The highest BCUT2D eigenvalue weighted by atomic mass is 35.5. The van der Waals surface area contributed by atoms with Crippen molar-refractivity contribution in [3.8, 4) is 0 Å². The van der Waals surface area contributed by atoms with Crippen LogP contribution in [0.1, 0.15) is 38.4 Å². The Morgan fingerprint density at radius 3 is 2.50 bits per heavy atom. The number of benzene rings is 1. The standard InChI is InChI=1S/C23H32ClN3O7/c1-22(2)8-7-15(23(22,32)10-27-12-25-11-26-27)20(13-3-5-14(24)6-4-13)34-21-19(31)18(30)17(29)16(9-28)33-21/h3-6,11-12,15-21,28-32H,7-10H2,1-2H3/t15-,16-,17-,18+,19-,20-,21-,23+/m1/s1. The molecule has 0 bridgehead atoms. The molecule has 34 heavy (non-hydrogen) atoms. The third-order valence-electron chi connectivity index (χ3n) is 7.43. The van der Waals surface area contributed by atoms with E-state index in [9.17, 15) is 25.5 Å². The Morgan fingerprint density at radius 2 is 1.88 bits per heavy atom. The zero-order chi connectivity index (χ0) is 24.7. The lowest BCUT2D eigenvalue weighted by Gasteiger charge is -2.45. The Kier molecular flexibility index (Phi) is 7.33. The van der Waals surface area contributed by atoms with E-state index < -0.39 is 60.4 Å². The average molecular weight is 498 g/mol. The van der Waals surface area contributed by atoms with Crippen molar-refractivity contribution < 1.29 is 35.0 Å². The lowest BCUT2D eigenvalue weighted by atomic mass is 9.71. The molecule has 0 amide bonds. The van der Waals surface area contributed by atoms with Crippen molar-refractivity contribution in [1.82, 2.24) is 14.8 Å². The highest BCUT2D eigenvalue weighted by Gasteiger charge is 2.58. The van der Waals surface area contributed by atoms with Crippen LogP contribution < -0.4 is 0 Å². The Labute approximate surface area is 202 Å². The van der Waals surface area contributed by atoms with E-state index in [0.29, 0.717) is 23.4 Å². The Morgan fingerprint density at radius 1 is 1.18 bits per heavy atom. The maximum atomic E-state index is 12.1. The van der Waals surface area contributed by atoms with Crippen molar-refractivity contribution in [2.75, 3.05) is 6.61 Å². The predicted molar refractivity (Wildman–Crippen MR) is 121 cm³/mol. The number of aliphatic hydroxyl groups is 5. The summed E-state index contributed by atoms with van der Waals surface area (Å²) in [4.78, 5) is 3.98. The van der Waals surface area contributed by atoms with Gasteiger partial charge in [0.05, 0.1) is 24.9 Å². The van der Waals surface area contributed by atoms with Crippen LogP contribution in [0, 0.1) is 11.3 Å². The van der Waals surface area contributed by atoms with Crippen LogP contribution in [0.5, 0.6) is 0 Å². The molecule has 1 aliphatic carbocycles. The lowest BCUT2D eigenvalue weighted by molar-refractivity contribution is -0.320. The van der Waals surface area contributed by atoms with Crippen LogP contribution in [0.3, 0.4) is 0 Å². The van der Waals surface area contributed by atoms with Crippen LogP contribution in [-0.4, -0.2) is 83.2 Å². The van der Waals surface area contributed by atoms with Gasteiger partial charge in [-0.25, -0.2) is 4.98 Å². The zero-order valence-electron chi connectivity index (χ0n) is 19.1. The second kappa shape index (κ2) is 9.79. The molecule has 4 rings (SSSR count). The molecule has 5 N–H and O–H groups in total. The molecular weight excluding hydrogens is 466 g/mol. The normalized spacial score (nSPS) is 36.5. The Bertz CT molecular complexity index is 943. The number of hydrogen-bond acceptors (Lipinski definition) is 9. The number of aromatic nitrogens is 3. The van der Waals surface area contributed by atoms with E-state index in [1.54, 1.807) is 35.3 Å². The summed E-state index contributed by atoms with van der Waals surface area (Å²) in [5.41, 5.74) is -1.09. The van der Waals surface area contributed by atoms with Crippen molar-refractivity contribution in [1.29, 1.82) is 0 Å². The molecule has 1 aliphatic heterocycles. The fourth-order valence-electron chi connectivity index (χ4n) is 5.15. The van der Waals surface area contributed by atoms with Crippen LogP contribution in [0.15, 0.2) is 36.9 Å². The van der Waals surface area contributed by atoms with Crippen molar-refractivity contribution in [2.45, 2.75) is 75.6 Å². The van der Waals surface area contributed by atoms with Gasteiger partial charge in [0.15, 0.2) is 6.29 Å². The number of aliphatic hydroxyl groups excluding tert-OH is 4. The average Bonchev–Trinajstić information content (AvgIpc) is 3.39. The summed E-state index contributed by atoms with van der Waals surface area (Å²) >= 11 is 6.10. The maximum Gasteiger partial charge on any atom is 0.187 e. The molecule has 8 atom stereocenters. The van der Waals surface area contributed by atoms with Crippen LogP contribution in [-0.2, 0) is 16.0 Å². The molecule has 1 aromatic heterocycles. The molecule has 11 heteroatoms. The summed E-state index contributed by atoms with van der Waals surface area (Å²) in [6.45, 7) is 3.57. The predicted octanol–water partition coefficient (Wildman–Crippen LogP) is 0.657. The van der Waals surface area contributed by atoms with E-state index in [4.69, 9.17) is 21.1 Å². The van der Waals surface area contributed by atoms with Crippen molar-refractivity contribution in [3.05, 3.63) is 47.5 Å². The quantitative estimate of drug-likeness (QED) is 0.371. The van der Waals surface area contributed by atoms with Gasteiger partial charge in [0.2, 0.25) is 0 Å². The summed E-state index contributed by atoms with van der Waals surface area (Å²) in [7, 11) is 0. The number of rotatable bonds is 7. The first-order valence-corrected chi connectivity index (χ1v) is 11.7. The second-order valence-electron chi connectivity index (χ2n) is 9.85. The smallest absolute Gasteiger partial charge is 0.187 e. The number of halogens is 1. The highest BCUT2D eigenvalue weighted by Crippen LogP contribution is 2.55. The summed E-state index contributed by atoms with van der Waals surface area (Å²) in [5.74, 6) is -0.458. The molecular formula is C23H32ClN3O7. The van der Waals surface area contributed by atoms with Gasteiger partial charge in [-0.1, -0.05) is 37.6 Å². The molecule has 0 radical (unpaired) electrons. The first kappa shape index (κ1) is 25.5. The molecule has 1 aromatic carbocycles. The van der Waals surface area contributed by atoms with Crippen LogP contribution in [0.25, 0.3) is 0 Å².